The summed E-state index contributed by atoms with van der Waals surface area (Å²) >= 11 is 1.64. The van der Waals surface area contributed by atoms with Crippen molar-refractivity contribution in [3.05, 3.63) is 16.3 Å². The lowest BCUT2D eigenvalue weighted by Crippen LogP contribution is -2.64. The lowest BCUT2D eigenvalue weighted by Gasteiger charge is -2.54. The molecule has 0 aromatic carbocycles. The molecule has 2 aliphatic rings. The molecule has 2 saturated heterocycles. The van der Waals surface area contributed by atoms with Crippen LogP contribution in [0.1, 0.15) is 35.5 Å². The number of thiophene rings is 1. The normalized spacial score (nSPS) is 26.8. The number of aryl methyl sites for hydroxylation is 2. The minimum Gasteiger partial charge on any atom is -0.383 e. The Hall–Kier alpha value is -1.25. The molecular weight excluding hydrogens is 344 g/mol. The van der Waals surface area contributed by atoms with Gasteiger partial charge in [0.15, 0.2) is 9.84 Å². The first-order valence-corrected chi connectivity index (χ1v) is 10.9. The van der Waals surface area contributed by atoms with Crippen molar-refractivity contribution in [2.75, 3.05) is 23.8 Å². The summed E-state index contributed by atoms with van der Waals surface area (Å²) in [5.41, 5.74) is 7.11. The third kappa shape index (κ3) is 2.51. The van der Waals surface area contributed by atoms with Gasteiger partial charge in [-0.3, -0.25) is 4.90 Å². The predicted molar refractivity (Wildman–Crippen MR) is 96.9 cm³/mol. The van der Waals surface area contributed by atoms with E-state index in [1.807, 2.05) is 6.92 Å². The number of nitrogens with zero attached hydrogens (tertiary/aromatic N) is 3. The summed E-state index contributed by atoms with van der Waals surface area (Å²) in [7, 11) is -2.93. The SMILES string of the molecule is Cc1sc2nc(CN3CCC34CCCS(=O)(=O)C4)nc(N)c2c1C. The predicted octanol–water partition coefficient (Wildman–Crippen LogP) is 2.04. The molecule has 4 rings (SSSR count). The van der Waals surface area contributed by atoms with Gasteiger partial charge in [0.2, 0.25) is 0 Å². The Balaban J connectivity index is 1.63. The van der Waals surface area contributed by atoms with Crippen LogP contribution in [0, 0.1) is 13.8 Å². The average molecular weight is 367 g/mol. The number of hydrogen-bond acceptors (Lipinski definition) is 7. The average Bonchev–Trinajstić information content (AvgIpc) is 2.78. The van der Waals surface area contributed by atoms with E-state index in [9.17, 15) is 8.42 Å². The summed E-state index contributed by atoms with van der Waals surface area (Å²) in [6.45, 7) is 5.59. The fourth-order valence-electron chi connectivity index (χ4n) is 4.02. The number of hydrogen-bond donors (Lipinski definition) is 1. The molecule has 2 aromatic heterocycles. The van der Waals surface area contributed by atoms with Gasteiger partial charge >= 0.3 is 0 Å². The maximum atomic E-state index is 12.0. The first kappa shape index (κ1) is 16.2. The lowest BCUT2D eigenvalue weighted by molar-refractivity contribution is -0.0161. The fourth-order valence-corrected chi connectivity index (χ4v) is 7.10. The minimum atomic E-state index is -2.93. The van der Waals surface area contributed by atoms with E-state index in [1.165, 1.54) is 4.88 Å². The molecule has 6 nitrogen and oxygen atoms in total. The molecular formula is C16H22N4O2S2. The molecule has 130 valence electrons. The molecule has 0 bridgehead atoms. The summed E-state index contributed by atoms with van der Waals surface area (Å²) < 4.78 is 24.1. The van der Waals surface area contributed by atoms with E-state index >= 15 is 0 Å². The Labute approximate surface area is 146 Å². The van der Waals surface area contributed by atoms with Crippen molar-refractivity contribution in [1.82, 2.24) is 14.9 Å². The van der Waals surface area contributed by atoms with Crippen molar-refractivity contribution in [3.8, 4) is 0 Å². The van der Waals surface area contributed by atoms with E-state index in [2.05, 4.69) is 16.8 Å². The summed E-state index contributed by atoms with van der Waals surface area (Å²) in [4.78, 5) is 13.6. The zero-order chi connectivity index (χ0) is 17.1. The number of nitrogen functional groups attached to an aromatic ring is 1. The second-order valence-electron chi connectivity index (χ2n) is 7.08. The highest BCUT2D eigenvalue weighted by Crippen LogP contribution is 2.40. The molecule has 2 aromatic rings. The fraction of sp³-hybridized carbons (Fsp3) is 0.625. The molecule has 1 spiro atoms. The molecule has 1 unspecified atom stereocenters. The van der Waals surface area contributed by atoms with Crippen LogP contribution in [0.15, 0.2) is 0 Å². The zero-order valence-electron chi connectivity index (χ0n) is 14.0. The van der Waals surface area contributed by atoms with Crippen molar-refractivity contribution < 1.29 is 8.42 Å². The van der Waals surface area contributed by atoms with E-state index in [-0.39, 0.29) is 11.3 Å². The van der Waals surface area contributed by atoms with Crippen LogP contribution in [0.5, 0.6) is 0 Å². The van der Waals surface area contributed by atoms with Crippen LogP contribution < -0.4 is 5.73 Å². The van der Waals surface area contributed by atoms with Crippen LogP contribution in [0.4, 0.5) is 5.82 Å². The van der Waals surface area contributed by atoms with Gasteiger partial charge in [0.1, 0.15) is 16.5 Å². The summed E-state index contributed by atoms with van der Waals surface area (Å²) in [5.74, 6) is 1.83. The second kappa shape index (κ2) is 5.37. The molecule has 2 fully saturated rings. The highest BCUT2D eigenvalue weighted by molar-refractivity contribution is 7.91. The molecule has 2 N–H and O–H groups in total. The van der Waals surface area contributed by atoms with E-state index in [0.717, 1.165) is 41.6 Å². The molecule has 4 heterocycles. The Bertz CT molecular complexity index is 922. The Kier molecular flexibility index (Phi) is 3.63. The van der Waals surface area contributed by atoms with Gasteiger partial charge < -0.3 is 5.73 Å². The smallest absolute Gasteiger partial charge is 0.152 e. The molecule has 0 amide bonds. The molecule has 0 saturated carbocycles. The van der Waals surface area contributed by atoms with Crippen molar-refractivity contribution in [2.24, 2.45) is 0 Å². The quantitative estimate of drug-likeness (QED) is 0.875. The van der Waals surface area contributed by atoms with Crippen LogP contribution in [-0.2, 0) is 16.4 Å². The number of nitrogens with two attached hydrogens (primary N) is 1. The van der Waals surface area contributed by atoms with Crippen molar-refractivity contribution >= 4 is 37.2 Å². The van der Waals surface area contributed by atoms with E-state index in [1.54, 1.807) is 11.3 Å². The first-order chi connectivity index (χ1) is 11.3. The van der Waals surface area contributed by atoms with Gasteiger partial charge in [-0.05, 0) is 38.7 Å². The Morgan fingerprint density at radius 2 is 2.08 bits per heavy atom. The van der Waals surface area contributed by atoms with E-state index < -0.39 is 9.84 Å². The minimum absolute atomic E-state index is 0.203. The highest BCUT2D eigenvalue weighted by atomic mass is 32.2. The number of likely N-dealkylation sites (tertiary alicyclic amines) is 1. The lowest BCUT2D eigenvalue weighted by atomic mass is 9.82. The largest absolute Gasteiger partial charge is 0.383 e. The van der Waals surface area contributed by atoms with Gasteiger partial charge in [-0.25, -0.2) is 18.4 Å². The van der Waals surface area contributed by atoms with Crippen LogP contribution in [0.2, 0.25) is 0 Å². The van der Waals surface area contributed by atoms with E-state index in [0.29, 0.717) is 23.9 Å². The molecule has 0 aliphatic carbocycles. The monoisotopic (exact) mass is 366 g/mol. The number of sulfone groups is 1. The second-order valence-corrected chi connectivity index (χ2v) is 10.5. The number of fused-ring (bicyclic) bond motifs is 1. The molecule has 2 aliphatic heterocycles. The topological polar surface area (TPSA) is 89.2 Å². The zero-order valence-corrected chi connectivity index (χ0v) is 15.6. The van der Waals surface area contributed by atoms with Crippen LogP contribution in [-0.4, -0.2) is 46.9 Å². The molecule has 1 atom stereocenters. The third-order valence-corrected chi connectivity index (χ3v) is 8.53. The van der Waals surface area contributed by atoms with Crippen LogP contribution >= 0.6 is 11.3 Å². The third-order valence-electron chi connectivity index (χ3n) is 5.54. The highest BCUT2D eigenvalue weighted by Gasteiger charge is 2.49. The standard InChI is InChI=1S/C16H22N4O2S2/c1-10-11(2)23-15-13(10)14(17)18-12(19-15)8-20-6-5-16(20)4-3-7-24(21,22)9-16/h3-9H2,1-2H3,(H2,17,18,19). The van der Waals surface area contributed by atoms with E-state index in [4.69, 9.17) is 10.7 Å². The van der Waals surface area contributed by atoms with Gasteiger partial charge in [0.25, 0.3) is 0 Å². The van der Waals surface area contributed by atoms with Gasteiger partial charge in [-0.1, -0.05) is 0 Å². The van der Waals surface area contributed by atoms with Gasteiger partial charge in [-0.2, -0.15) is 0 Å². The summed E-state index contributed by atoms with van der Waals surface area (Å²) in [6.07, 6.45) is 2.65. The van der Waals surface area contributed by atoms with Crippen molar-refractivity contribution in [1.29, 1.82) is 0 Å². The summed E-state index contributed by atoms with van der Waals surface area (Å²) in [5, 5.41) is 0.958. The molecule has 0 radical (unpaired) electrons. The number of aromatic nitrogens is 2. The maximum Gasteiger partial charge on any atom is 0.152 e. The molecule has 8 heteroatoms. The van der Waals surface area contributed by atoms with Crippen LogP contribution in [0.3, 0.4) is 0 Å². The first-order valence-electron chi connectivity index (χ1n) is 8.27. The Morgan fingerprint density at radius 1 is 1.29 bits per heavy atom. The van der Waals surface area contributed by atoms with Gasteiger partial charge in [0, 0.05) is 17.0 Å². The van der Waals surface area contributed by atoms with Crippen molar-refractivity contribution in [3.63, 3.8) is 0 Å². The summed E-state index contributed by atoms with van der Waals surface area (Å²) in [6, 6.07) is 0. The molecule has 24 heavy (non-hydrogen) atoms. The number of anilines is 1. The maximum absolute atomic E-state index is 12.0. The van der Waals surface area contributed by atoms with Gasteiger partial charge in [0.05, 0.1) is 23.4 Å². The van der Waals surface area contributed by atoms with Crippen molar-refractivity contribution in [2.45, 2.75) is 45.2 Å². The Morgan fingerprint density at radius 3 is 2.75 bits per heavy atom. The van der Waals surface area contributed by atoms with Crippen LogP contribution in [0.25, 0.3) is 10.2 Å². The number of rotatable bonds is 2. The van der Waals surface area contributed by atoms with Gasteiger partial charge in [-0.15, -0.1) is 11.3 Å².